The number of aromatic nitrogens is 2. The lowest BCUT2D eigenvalue weighted by molar-refractivity contribution is 0.574. The third-order valence-electron chi connectivity index (χ3n) is 4.80. The summed E-state index contributed by atoms with van der Waals surface area (Å²) in [5.74, 6) is 0. The predicted molar refractivity (Wildman–Crippen MR) is 98.5 cm³/mol. The van der Waals surface area contributed by atoms with Crippen molar-refractivity contribution in [3.8, 4) is 0 Å². The summed E-state index contributed by atoms with van der Waals surface area (Å²) < 4.78 is 2.42. The number of benzene rings is 2. The Kier molecular flexibility index (Phi) is 3.09. The van der Waals surface area contributed by atoms with Gasteiger partial charge in [-0.05, 0) is 55.8 Å². The summed E-state index contributed by atoms with van der Waals surface area (Å²) in [6, 6.07) is 6.31. The highest BCUT2D eigenvalue weighted by atomic mass is 16.2. The van der Waals surface area contributed by atoms with Gasteiger partial charge in [-0.15, -0.1) is 0 Å². The van der Waals surface area contributed by atoms with Crippen LogP contribution in [-0.4, -0.2) is 9.13 Å². The minimum atomic E-state index is -0.324. The first kappa shape index (κ1) is 15.5. The molecule has 0 N–H and O–H groups in total. The molecular weight excluding hydrogens is 320 g/mol. The second-order valence-electron chi connectivity index (χ2n) is 6.57. The second kappa shape index (κ2) is 4.99. The molecule has 25 heavy (non-hydrogen) atoms. The van der Waals surface area contributed by atoms with Crippen LogP contribution >= 0.6 is 0 Å². The van der Waals surface area contributed by atoms with E-state index in [2.05, 4.69) is 0 Å². The van der Waals surface area contributed by atoms with Crippen LogP contribution < -0.4 is 22.2 Å². The second-order valence-corrected chi connectivity index (χ2v) is 6.57. The first-order chi connectivity index (χ1) is 11.8. The Bertz CT molecular complexity index is 1280. The highest BCUT2D eigenvalue weighted by Crippen LogP contribution is 2.23. The molecule has 6 heteroatoms. The van der Waals surface area contributed by atoms with Crippen molar-refractivity contribution in [1.82, 2.24) is 9.13 Å². The molecule has 6 nitrogen and oxygen atoms in total. The van der Waals surface area contributed by atoms with Crippen molar-refractivity contribution < 1.29 is 0 Å². The van der Waals surface area contributed by atoms with E-state index >= 15 is 0 Å². The summed E-state index contributed by atoms with van der Waals surface area (Å²) in [6.07, 6.45) is 0. The normalized spacial score (nSPS) is 12.2. The fourth-order valence-corrected chi connectivity index (χ4v) is 3.55. The standard InChI is InChI=1S/C19H16N2O4/c1-4-20-16(22)12-5-10-7-14-15(8-11(10)6-13(12)17(20)23)19(25)21(9(2)3)18(14)24/h5-9H,4H2,1-3H3. The predicted octanol–water partition coefficient (Wildman–Crippen LogP) is 1.67. The summed E-state index contributed by atoms with van der Waals surface area (Å²) in [7, 11) is 0. The number of rotatable bonds is 2. The number of nitrogens with zero attached hydrogens (tertiary/aromatic N) is 2. The molecule has 2 aromatic carbocycles. The third-order valence-corrected chi connectivity index (χ3v) is 4.80. The highest BCUT2D eigenvalue weighted by Gasteiger charge is 2.18. The van der Waals surface area contributed by atoms with Crippen LogP contribution in [0.25, 0.3) is 32.3 Å². The van der Waals surface area contributed by atoms with Crippen LogP contribution in [0.15, 0.2) is 43.4 Å². The van der Waals surface area contributed by atoms with E-state index in [1.807, 2.05) is 0 Å². The summed E-state index contributed by atoms with van der Waals surface area (Å²) >= 11 is 0. The van der Waals surface area contributed by atoms with E-state index in [0.717, 1.165) is 0 Å². The average molecular weight is 336 g/mol. The Labute approximate surface area is 141 Å². The summed E-state index contributed by atoms with van der Waals surface area (Å²) in [4.78, 5) is 49.7. The maximum absolute atomic E-state index is 12.5. The maximum atomic E-state index is 12.5. The van der Waals surface area contributed by atoms with Gasteiger partial charge in [0.2, 0.25) is 0 Å². The molecule has 0 aliphatic rings. The van der Waals surface area contributed by atoms with E-state index in [1.165, 1.54) is 9.13 Å². The molecule has 0 aliphatic heterocycles. The zero-order valence-corrected chi connectivity index (χ0v) is 14.1. The van der Waals surface area contributed by atoms with Crippen LogP contribution in [0.5, 0.6) is 0 Å². The molecule has 2 aromatic heterocycles. The zero-order chi connectivity index (χ0) is 18.0. The molecule has 0 radical (unpaired) electrons. The van der Waals surface area contributed by atoms with Crippen molar-refractivity contribution in [2.75, 3.05) is 0 Å². The minimum absolute atomic E-state index is 0.234. The molecule has 0 bridgehead atoms. The Hall–Kier alpha value is -3.02. The minimum Gasteiger partial charge on any atom is -0.275 e. The van der Waals surface area contributed by atoms with Gasteiger partial charge < -0.3 is 0 Å². The largest absolute Gasteiger partial charge is 0.275 e. The van der Waals surface area contributed by atoms with Crippen LogP contribution in [-0.2, 0) is 6.54 Å². The smallest absolute Gasteiger partial charge is 0.261 e. The molecule has 0 saturated carbocycles. The maximum Gasteiger partial charge on any atom is 0.261 e. The van der Waals surface area contributed by atoms with E-state index in [0.29, 0.717) is 38.9 Å². The Morgan fingerprint density at radius 3 is 1.40 bits per heavy atom. The molecule has 0 unspecified atom stereocenters. The van der Waals surface area contributed by atoms with Gasteiger partial charge in [0.05, 0.1) is 21.5 Å². The third kappa shape index (κ3) is 1.91. The zero-order valence-electron chi connectivity index (χ0n) is 14.1. The van der Waals surface area contributed by atoms with Gasteiger partial charge in [-0.3, -0.25) is 28.3 Å². The van der Waals surface area contributed by atoms with Crippen LogP contribution in [0.3, 0.4) is 0 Å². The first-order valence-corrected chi connectivity index (χ1v) is 8.21. The van der Waals surface area contributed by atoms with Gasteiger partial charge in [-0.25, -0.2) is 0 Å². The van der Waals surface area contributed by atoms with Crippen molar-refractivity contribution in [2.45, 2.75) is 33.4 Å². The van der Waals surface area contributed by atoms with Crippen molar-refractivity contribution >= 4 is 32.3 Å². The van der Waals surface area contributed by atoms with Crippen LogP contribution in [0.2, 0.25) is 0 Å². The topological polar surface area (TPSA) is 78.1 Å². The van der Waals surface area contributed by atoms with E-state index in [9.17, 15) is 19.2 Å². The molecule has 4 rings (SSSR count). The van der Waals surface area contributed by atoms with Crippen LogP contribution in [0, 0.1) is 0 Å². The fraction of sp³-hybridized carbons (Fsp3) is 0.263. The van der Waals surface area contributed by atoms with Gasteiger partial charge in [0.25, 0.3) is 22.2 Å². The summed E-state index contributed by atoms with van der Waals surface area (Å²) in [5.41, 5.74) is -1.29. The van der Waals surface area contributed by atoms with Crippen molar-refractivity contribution in [2.24, 2.45) is 0 Å². The molecule has 4 aromatic rings. The monoisotopic (exact) mass is 336 g/mol. The fourth-order valence-electron chi connectivity index (χ4n) is 3.55. The van der Waals surface area contributed by atoms with Crippen molar-refractivity contribution in [3.05, 3.63) is 65.7 Å². The van der Waals surface area contributed by atoms with Gasteiger partial charge in [-0.1, -0.05) is 0 Å². The quantitative estimate of drug-likeness (QED) is 0.558. The van der Waals surface area contributed by atoms with Gasteiger partial charge >= 0.3 is 0 Å². The molecular formula is C19H16N2O4. The molecule has 126 valence electrons. The number of hydrogen-bond donors (Lipinski definition) is 0. The highest BCUT2D eigenvalue weighted by molar-refractivity contribution is 6.04. The lowest BCUT2D eigenvalue weighted by Crippen LogP contribution is -2.26. The Morgan fingerprint density at radius 1 is 0.720 bits per heavy atom. The SMILES string of the molecule is CCn1c(=O)c2cc3cc4c(=O)n(C(C)C)c(=O)c4cc3cc2c1=O. The molecule has 2 heterocycles. The van der Waals surface area contributed by atoms with Crippen molar-refractivity contribution in [3.63, 3.8) is 0 Å². The first-order valence-electron chi connectivity index (χ1n) is 8.21. The van der Waals surface area contributed by atoms with E-state index in [4.69, 9.17) is 0 Å². The molecule has 0 aliphatic carbocycles. The summed E-state index contributed by atoms with van der Waals surface area (Å²) in [6.45, 7) is 5.62. The number of fused-ring (bicyclic) bond motifs is 3. The molecule has 0 amide bonds. The molecule has 0 saturated heterocycles. The number of hydrogen-bond acceptors (Lipinski definition) is 4. The van der Waals surface area contributed by atoms with Gasteiger partial charge in [0.15, 0.2) is 0 Å². The lowest BCUT2D eigenvalue weighted by Gasteiger charge is -2.01. The van der Waals surface area contributed by atoms with Gasteiger partial charge in [0.1, 0.15) is 0 Å². The Balaban J connectivity index is 2.21. The Morgan fingerprint density at radius 2 is 1.08 bits per heavy atom. The van der Waals surface area contributed by atoms with Gasteiger partial charge in [-0.2, -0.15) is 0 Å². The average Bonchev–Trinajstić information content (AvgIpc) is 2.95. The van der Waals surface area contributed by atoms with E-state index in [1.54, 1.807) is 45.0 Å². The molecule has 0 spiro atoms. The summed E-state index contributed by atoms with van der Waals surface area (Å²) in [5, 5.41) is 2.71. The van der Waals surface area contributed by atoms with E-state index in [-0.39, 0.29) is 28.3 Å². The van der Waals surface area contributed by atoms with Crippen LogP contribution in [0.4, 0.5) is 0 Å². The molecule has 0 atom stereocenters. The lowest BCUT2D eigenvalue weighted by atomic mass is 10.0. The molecule has 0 fully saturated rings. The van der Waals surface area contributed by atoms with E-state index < -0.39 is 0 Å². The van der Waals surface area contributed by atoms with Crippen molar-refractivity contribution in [1.29, 1.82) is 0 Å². The van der Waals surface area contributed by atoms with Gasteiger partial charge in [0, 0.05) is 12.6 Å². The van der Waals surface area contributed by atoms with Crippen LogP contribution in [0.1, 0.15) is 26.8 Å².